The van der Waals surface area contributed by atoms with Crippen molar-refractivity contribution in [2.24, 2.45) is 0 Å². The van der Waals surface area contributed by atoms with E-state index in [2.05, 4.69) is 20.1 Å². The summed E-state index contributed by atoms with van der Waals surface area (Å²) in [5.74, 6) is -0.249. The maximum Gasteiger partial charge on any atom is 0.156 e. The number of hydrogen-bond donors (Lipinski definition) is 1. The lowest BCUT2D eigenvalue weighted by Gasteiger charge is -2.03. The van der Waals surface area contributed by atoms with Gasteiger partial charge in [0.1, 0.15) is 11.3 Å². The average Bonchev–Trinajstić information content (AvgIpc) is 3.34. The molecule has 5 aromatic rings. The Morgan fingerprint density at radius 1 is 1.07 bits per heavy atom. The number of aromatic amines is 1. The minimum atomic E-state index is -0.249. The van der Waals surface area contributed by atoms with Gasteiger partial charge in [-0.2, -0.15) is 5.10 Å². The van der Waals surface area contributed by atoms with Crippen molar-refractivity contribution in [1.82, 2.24) is 29.7 Å². The van der Waals surface area contributed by atoms with Crippen molar-refractivity contribution in [1.29, 1.82) is 0 Å². The van der Waals surface area contributed by atoms with Crippen molar-refractivity contribution in [3.63, 3.8) is 0 Å². The van der Waals surface area contributed by atoms with Crippen molar-refractivity contribution in [3.8, 4) is 22.4 Å². The molecule has 0 amide bonds. The molecule has 0 aliphatic heterocycles. The Kier molecular flexibility index (Phi) is 4.13. The molecule has 0 radical (unpaired) electrons. The third-order valence-corrected chi connectivity index (χ3v) is 4.75. The highest BCUT2D eigenvalue weighted by Crippen LogP contribution is 2.28. The second-order valence-electron chi connectivity index (χ2n) is 6.90. The zero-order valence-electron chi connectivity index (χ0n) is 15.7. The second-order valence-corrected chi connectivity index (χ2v) is 6.90. The minimum Gasteiger partial charge on any atom is -0.344 e. The molecular formula is C22H17FN6. The SMILES string of the molecule is Cc1cc(-c2cnc3[nH]cc(-c4cnn(Cc5cccc(F)c5)c4)c3n2)ccn1. The van der Waals surface area contributed by atoms with Gasteiger partial charge in [-0.25, -0.2) is 14.4 Å². The summed E-state index contributed by atoms with van der Waals surface area (Å²) in [6.07, 6.45) is 9.12. The summed E-state index contributed by atoms with van der Waals surface area (Å²) < 4.78 is 15.2. The lowest BCUT2D eigenvalue weighted by molar-refractivity contribution is 0.619. The first-order valence-electron chi connectivity index (χ1n) is 9.20. The van der Waals surface area contributed by atoms with Crippen LogP contribution >= 0.6 is 0 Å². The van der Waals surface area contributed by atoms with E-state index in [0.717, 1.165) is 39.2 Å². The molecule has 0 saturated heterocycles. The highest BCUT2D eigenvalue weighted by Gasteiger charge is 2.13. The molecule has 142 valence electrons. The van der Waals surface area contributed by atoms with Crippen LogP contribution in [0.3, 0.4) is 0 Å². The third-order valence-electron chi connectivity index (χ3n) is 4.75. The fourth-order valence-electron chi connectivity index (χ4n) is 3.37. The largest absolute Gasteiger partial charge is 0.344 e. The van der Waals surface area contributed by atoms with Gasteiger partial charge < -0.3 is 4.98 Å². The number of H-pyrrole nitrogens is 1. The number of benzene rings is 1. The normalized spacial score (nSPS) is 11.2. The van der Waals surface area contributed by atoms with E-state index >= 15 is 0 Å². The first-order chi connectivity index (χ1) is 14.2. The predicted molar refractivity (Wildman–Crippen MR) is 109 cm³/mol. The number of fused-ring (bicyclic) bond motifs is 1. The Balaban J connectivity index is 1.50. The fourth-order valence-corrected chi connectivity index (χ4v) is 3.37. The molecule has 0 atom stereocenters. The molecule has 5 rings (SSSR count). The van der Waals surface area contributed by atoms with Gasteiger partial charge in [0.15, 0.2) is 5.65 Å². The Hall–Kier alpha value is -3.87. The molecule has 0 fully saturated rings. The molecular weight excluding hydrogens is 367 g/mol. The zero-order chi connectivity index (χ0) is 19.8. The molecule has 7 heteroatoms. The Bertz CT molecular complexity index is 1320. The van der Waals surface area contributed by atoms with E-state index in [9.17, 15) is 4.39 Å². The van der Waals surface area contributed by atoms with E-state index in [1.54, 1.807) is 29.3 Å². The van der Waals surface area contributed by atoms with Gasteiger partial charge in [0.05, 0.1) is 24.6 Å². The second kappa shape index (κ2) is 6.94. The summed E-state index contributed by atoms with van der Waals surface area (Å²) in [6, 6.07) is 10.4. The molecule has 0 aliphatic carbocycles. The standard InChI is InChI=1S/C22H17FN6/c1-14-7-16(5-6-24-14)20-11-26-22-21(28-20)19(10-25-22)17-9-27-29(13-17)12-15-3-2-4-18(23)8-15/h2-11,13H,12H2,1H3,(H,25,26). The molecule has 0 spiro atoms. The van der Waals surface area contributed by atoms with Crippen LogP contribution in [0.25, 0.3) is 33.5 Å². The molecule has 0 aliphatic rings. The molecule has 29 heavy (non-hydrogen) atoms. The van der Waals surface area contributed by atoms with Crippen LogP contribution < -0.4 is 0 Å². The van der Waals surface area contributed by atoms with Crippen LogP contribution in [0.2, 0.25) is 0 Å². The van der Waals surface area contributed by atoms with E-state index in [-0.39, 0.29) is 5.82 Å². The highest BCUT2D eigenvalue weighted by atomic mass is 19.1. The topological polar surface area (TPSA) is 72.3 Å². The van der Waals surface area contributed by atoms with Crippen LogP contribution in [0.5, 0.6) is 0 Å². The molecule has 0 unspecified atom stereocenters. The van der Waals surface area contributed by atoms with Crippen LogP contribution in [0, 0.1) is 12.7 Å². The van der Waals surface area contributed by atoms with E-state index in [0.29, 0.717) is 12.2 Å². The maximum atomic E-state index is 13.4. The lowest BCUT2D eigenvalue weighted by atomic mass is 10.1. The van der Waals surface area contributed by atoms with Gasteiger partial charge in [0.25, 0.3) is 0 Å². The van der Waals surface area contributed by atoms with Crippen molar-refractivity contribution in [2.45, 2.75) is 13.5 Å². The Labute approximate surface area is 166 Å². The van der Waals surface area contributed by atoms with Gasteiger partial charge in [-0.15, -0.1) is 0 Å². The van der Waals surface area contributed by atoms with Crippen LogP contribution in [0.1, 0.15) is 11.3 Å². The first-order valence-corrected chi connectivity index (χ1v) is 9.20. The number of pyridine rings is 1. The zero-order valence-corrected chi connectivity index (χ0v) is 15.7. The van der Waals surface area contributed by atoms with E-state index in [1.807, 2.05) is 37.5 Å². The van der Waals surface area contributed by atoms with Crippen molar-refractivity contribution in [2.75, 3.05) is 0 Å². The van der Waals surface area contributed by atoms with Gasteiger partial charge in [0.2, 0.25) is 0 Å². The third kappa shape index (κ3) is 3.38. The molecule has 0 saturated carbocycles. The number of nitrogens with one attached hydrogen (secondary N) is 1. The Morgan fingerprint density at radius 2 is 2.00 bits per heavy atom. The van der Waals surface area contributed by atoms with E-state index in [1.165, 1.54) is 12.1 Å². The summed E-state index contributed by atoms with van der Waals surface area (Å²) in [5, 5.41) is 4.42. The first kappa shape index (κ1) is 17.2. The number of aromatic nitrogens is 6. The molecule has 1 aromatic carbocycles. The minimum absolute atomic E-state index is 0.249. The summed E-state index contributed by atoms with van der Waals surface area (Å²) in [7, 11) is 0. The number of hydrogen-bond acceptors (Lipinski definition) is 4. The lowest BCUT2D eigenvalue weighted by Crippen LogP contribution is -1.99. The number of aryl methyl sites for hydroxylation is 1. The summed E-state index contributed by atoms with van der Waals surface area (Å²) in [6.45, 7) is 2.44. The van der Waals surface area contributed by atoms with Crippen molar-refractivity contribution >= 4 is 11.2 Å². The number of rotatable bonds is 4. The fraction of sp³-hybridized carbons (Fsp3) is 0.0909. The van der Waals surface area contributed by atoms with Gasteiger partial charge in [-0.3, -0.25) is 9.67 Å². The van der Waals surface area contributed by atoms with E-state index in [4.69, 9.17) is 4.98 Å². The number of halogens is 1. The molecule has 1 N–H and O–H groups in total. The smallest absolute Gasteiger partial charge is 0.156 e. The quantitative estimate of drug-likeness (QED) is 0.499. The molecule has 4 aromatic heterocycles. The highest BCUT2D eigenvalue weighted by molar-refractivity contribution is 5.91. The van der Waals surface area contributed by atoms with Crippen LogP contribution in [-0.4, -0.2) is 29.7 Å². The van der Waals surface area contributed by atoms with Crippen LogP contribution in [0.4, 0.5) is 4.39 Å². The van der Waals surface area contributed by atoms with Crippen LogP contribution in [-0.2, 0) is 6.54 Å². The summed E-state index contributed by atoms with van der Waals surface area (Å²) in [5.41, 5.74) is 6.88. The van der Waals surface area contributed by atoms with Crippen molar-refractivity contribution < 1.29 is 4.39 Å². The van der Waals surface area contributed by atoms with Crippen LogP contribution in [0.15, 0.2) is 67.4 Å². The maximum absolute atomic E-state index is 13.4. The van der Waals surface area contributed by atoms with Gasteiger partial charge in [0, 0.05) is 41.0 Å². The molecule has 4 heterocycles. The average molecular weight is 384 g/mol. The molecule has 0 bridgehead atoms. The molecule has 6 nitrogen and oxygen atoms in total. The monoisotopic (exact) mass is 384 g/mol. The van der Waals surface area contributed by atoms with Gasteiger partial charge in [-0.05, 0) is 36.8 Å². The number of nitrogens with zero attached hydrogens (tertiary/aromatic N) is 5. The predicted octanol–water partition coefficient (Wildman–Crippen LogP) is 4.38. The van der Waals surface area contributed by atoms with Gasteiger partial charge >= 0.3 is 0 Å². The van der Waals surface area contributed by atoms with E-state index < -0.39 is 0 Å². The van der Waals surface area contributed by atoms with Gasteiger partial charge in [-0.1, -0.05) is 12.1 Å². The Morgan fingerprint density at radius 3 is 2.86 bits per heavy atom. The summed E-state index contributed by atoms with van der Waals surface area (Å²) >= 11 is 0. The van der Waals surface area contributed by atoms with Crippen molar-refractivity contribution in [3.05, 3.63) is 84.5 Å². The summed E-state index contributed by atoms with van der Waals surface area (Å²) in [4.78, 5) is 16.7.